The summed E-state index contributed by atoms with van der Waals surface area (Å²) >= 11 is 0. The number of carbonyl (C=O) groups is 1. The summed E-state index contributed by atoms with van der Waals surface area (Å²) in [5, 5.41) is 0. The minimum Gasteiger partial charge on any atom is -0.493 e. The van der Waals surface area contributed by atoms with Gasteiger partial charge in [0, 0.05) is 30.5 Å². The monoisotopic (exact) mass is 328 g/mol. The van der Waals surface area contributed by atoms with Gasteiger partial charge in [0.1, 0.15) is 0 Å². The number of hydrogen-bond acceptors (Lipinski definition) is 4. The lowest BCUT2D eigenvalue weighted by atomic mass is 9.46. The van der Waals surface area contributed by atoms with Gasteiger partial charge >= 0.3 is 0 Å². The molecule has 0 saturated carbocycles. The Labute approximate surface area is 142 Å². The summed E-state index contributed by atoms with van der Waals surface area (Å²) in [5.41, 5.74) is 2.46. The lowest BCUT2D eigenvalue weighted by Gasteiger charge is -2.64. The van der Waals surface area contributed by atoms with Crippen LogP contribution in [0.2, 0.25) is 0 Å². The number of nitrogens with zero attached hydrogens (tertiary/aromatic N) is 2. The first-order valence-electron chi connectivity index (χ1n) is 8.77. The van der Waals surface area contributed by atoms with E-state index in [2.05, 4.69) is 24.9 Å². The van der Waals surface area contributed by atoms with Crippen LogP contribution in [0.1, 0.15) is 30.9 Å². The van der Waals surface area contributed by atoms with Crippen LogP contribution in [-0.2, 0) is 16.6 Å². The second kappa shape index (κ2) is 4.26. The predicted molar refractivity (Wildman–Crippen MR) is 89.3 cm³/mol. The van der Waals surface area contributed by atoms with E-state index in [4.69, 9.17) is 9.47 Å². The van der Waals surface area contributed by atoms with Crippen molar-refractivity contribution in [3.63, 3.8) is 0 Å². The summed E-state index contributed by atoms with van der Waals surface area (Å²) in [6, 6.07) is 4.59. The van der Waals surface area contributed by atoms with Crippen molar-refractivity contribution in [2.45, 2.75) is 43.9 Å². The van der Waals surface area contributed by atoms with Gasteiger partial charge in [0.15, 0.2) is 17.7 Å². The summed E-state index contributed by atoms with van der Waals surface area (Å²) in [6.07, 6.45) is 2.37. The van der Waals surface area contributed by atoms with Crippen LogP contribution in [0.3, 0.4) is 0 Å². The Morgan fingerprint density at radius 2 is 2.12 bits per heavy atom. The minimum absolute atomic E-state index is 0.0983. The van der Waals surface area contributed by atoms with Crippen molar-refractivity contribution in [2.24, 2.45) is 5.41 Å². The SMILES string of the molecule is COc1ccc2c3c1O[C@H]1N(C)C(=O)C[C@@]4(C)[C@@H](C2)N(C)CC[C@]314. The molecule has 0 aromatic heterocycles. The summed E-state index contributed by atoms with van der Waals surface area (Å²) in [5.74, 6) is 1.85. The first-order valence-corrected chi connectivity index (χ1v) is 8.77. The first-order chi connectivity index (χ1) is 11.4. The van der Waals surface area contributed by atoms with Gasteiger partial charge in [0.2, 0.25) is 5.91 Å². The molecule has 2 saturated heterocycles. The Morgan fingerprint density at radius 1 is 1.33 bits per heavy atom. The highest BCUT2D eigenvalue weighted by molar-refractivity contribution is 5.81. The van der Waals surface area contributed by atoms with Gasteiger partial charge in [-0.05, 0) is 38.1 Å². The third-order valence-corrected chi connectivity index (χ3v) is 7.35. The third kappa shape index (κ3) is 1.33. The number of hydrogen-bond donors (Lipinski definition) is 0. The molecule has 5 nitrogen and oxygen atoms in total. The van der Waals surface area contributed by atoms with Crippen LogP contribution in [0, 0.1) is 5.41 Å². The molecule has 3 heterocycles. The summed E-state index contributed by atoms with van der Waals surface area (Å²) in [4.78, 5) is 17.1. The van der Waals surface area contributed by atoms with Crippen molar-refractivity contribution < 1.29 is 14.3 Å². The first kappa shape index (κ1) is 14.6. The van der Waals surface area contributed by atoms with Gasteiger partial charge in [0.05, 0.1) is 12.5 Å². The van der Waals surface area contributed by atoms with Gasteiger partial charge in [-0.1, -0.05) is 13.0 Å². The molecule has 0 unspecified atom stereocenters. The van der Waals surface area contributed by atoms with E-state index in [0.29, 0.717) is 12.5 Å². The molecule has 2 bridgehead atoms. The van der Waals surface area contributed by atoms with Gasteiger partial charge in [-0.15, -0.1) is 0 Å². The van der Waals surface area contributed by atoms with E-state index in [1.807, 2.05) is 18.0 Å². The fraction of sp³-hybridized carbons (Fsp3) is 0.632. The van der Waals surface area contributed by atoms with Crippen LogP contribution >= 0.6 is 0 Å². The van der Waals surface area contributed by atoms with Gasteiger partial charge in [0.25, 0.3) is 0 Å². The zero-order chi connectivity index (χ0) is 16.9. The quantitative estimate of drug-likeness (QED) is 0.788. The highest BCUT2D eigenvalue weighted by atomic mass is 16.5. The molecule has 1 amide bonds. The van der Waals surface area contributed by atoms with Crippen molar-refractivity contribution in [3.8, 4) is 11.5 Å². The number of methoxy groups -OCH3 is 1. The second-order valence-electron chi connectivity index (χ2n) is 8.12. The summed E-state index contributed by atoms with van der Waals surface area (Å²) < 4.78 is 12.0. The standard InChI is InChI=1S/C19H24N2O3/c1-18-10-14(22)21(3)17-19(18)7-8-20(2)13(18)9-11-5-6-12(23-4)16(24-17)15(11)19/h5-6,13,17H,7-10H2,1-4H3/t13-,17-,18+,19+/m1/s1. The lowest BCUT2D eigenvalue weighted by molar-refractivity contribution is -0.181. The van der Waals surface area contributed by atoms with E-state index >= 15 is 0 Å². The predicted octanol–water partition coefficient (Wildman–Crippen LogP) is 1.78. The number of ether oxygens (including phenoxy) is 2. The van der Waals surface area contributed by atoms with E-state index in [-0.39, 0.29) is 23.0 Å². The van der Waals surface area contributed by atoms with Crippen LogP contribution in [0.5, 0.6) is 11.5 Å². The minimum atomic E-state index is -0.217. The average Bonchev–Trinajstić information content (AvgIpc) is 2.90. The van der Waals surface area contributed by atoms with Crippen molar-refractivity contribution in [2.75, 3.05) is 27.7 Å². The molecule has 0 radical (unpaired) electrons. The van der Waals surface area contributed by atoms with Crippen LogP contribution < -0.4 is 9.47 Å². The van der Waals surface area contributed by atoms with Crippen LogP contribution in [-0.4, -0.2) is 55.7 Å². The fourth-order valence-electron chi connectivity index (χ4n) is 6.12. The van der Waals surface area contributed by atoms with Crippen molar-refractivity contribution in [3.05, 3.63) is 23.3 Å². The Morgan fingerprint density at radius 3 is 2.88 bits per heavy atom. The molecule has 1 aromatic carbocycles. The van der Waals surface area contributed by atoms with E-state index in [9.17, 15) is 4.79 Å². The van der Waals surface area contributed by atoms with Crippen LogP contribution in [0.25, 0.3) is 0 Å². The topological polar surface area (TPSA) is 42.0 Å². The largest absolute Gasteiger partial charge is 0.493 e. The number of piperidine rings is 2. The normalized spacial score (nSPS) is 39.5. The zero-order valence-electron chi connectivity index (χ0n) is 14.8. The van der Waals surface area contributed by atoms with Gasteiger partial charge in [-0.3, -0.25) is 4.79 Å². The lowest BCUT2D eigenvalue weighted by Crippen LogP contribution is -2.74. The number of likely N-dealkylation sites (N-methyl/N-ethyl adjacent to an activating group) is 2. The summed E-state index contributed by atoms with van der Waals surface area (Å²) in [7, 11) is 5.78. The maximum Gasteiger partial charge on any atom is 0.225 e. The van der Waals surface area contributed by atoms with E-state index < -0.39 is 0 Å². The maximum atomic E-state index is 12.8. The van der Waals surface area contributed by atoms with Gasteiger partial charge < -0.3 is 19.3 Å². The van der Waals surface area contributed by atoms with Gasteiger partial charge in [-0.2, -0.15) is 0 Å². The van der Waals surface area contributed by atoms with Crippen LogP contribution in [0.4, 0.5) is 0 Å². The highest BCUT2D eigenvalue weighted by Crippen LogP contribution is 2.68. The molecule has 5 heteroatoms. The molecule has 0 N–H and O–H groups in total. The van der Waals surface area contributed by atoms with E-state index in [0.717, 1.165) is 30.9 Å². The molecule has 1 spiro atoms. The number of likely N-dealkylation sites (tertiary alicyclic amines) is 2. The van der Waals surface area contributed by atoms with Crippen molar-refractivity contribution in [1.82, 2.24) is 9.80 Å². The van der Waals surface area contributed by atoms with E-state index in [1.54, 1.807) is 7.11 Å². The summed E-state index contributed by atoms with van der Waals surface area (Å²) in [6.45, 7) is 3.35. The molecule has 128 valence electrons. The Balaban J connectivity index is 1.85. The van der Waals surface area contributed by atoms with Crippen molar-refractivity contribution >= 4 is 5.91 Å². The maximum absolute atomic E-state index is 12.8. The molecule has 24 heavy (non-hydrogen) atoms. The van der Waals surface area contributed by atoms with E-state index in [1.165, 1.54) is 11.1 Å². The molecular weight excluding hydrogens is 304 g/mol. The third-order valence-electron chi connectivity index (χ3n) is 7.35. The average molecular weight is 328 g/mol. The van der Waals surface area contributed by atoms with Gasteiger partial charge in [-0.25, -0.2) is 0 Å². The zero-order valence-corrected chi connectivity index (χ0v) is 14.8. The molecule has 4 aliphatic rings. The Hall–Kier alpha value is -1.75. The molecule has 4 atom stereocenters. The number of amides is 1. The smallest absolute Gasteiger partial charge is 0.225 e. The second-order valence-corrected chi connectivity index (χ2v) is 8.12. The molecule has 1 aromatic rings. The number of rotatable bonds is 1. The fourth-order valence-corrected chi connectivity index (χ4v) is 6.12. The van der Waals surface area contributed by atoms with Crippen molar-refractivity contribution in [1.29, 1.82) is 0 Å². The van der Waals surface area contributed by atoms with Crippen LogP contribution in [0.15, 0.2) is 12.1 Å². The highest BCUT2D eigenvalue weighted by Gasteiger charge is 2.71. The molecule has 5 rings (SSSR count). The Kier molecular flexibility index (Phi) is 2.59. The molecule has 3 aliphatic heterocycles. The molecule has 2 fully saturated rings. The Bertz CT molecular complexity index is 763. The molecule has 1 aliphatic carbocycles. The number of benzene rings is 1. The number of carbonyl (C=O) groups excluding carboxylic acids is 1. The molecular formula is C19H24N2O3.